The zero-order valence-corrected chi connectivity index (χ0v) is 11.9. The number of benzene rings is 2. The summed E-state index contributed by atoms with van der Waals surface area (Å²) in [6, 6.07) is 13.8. The van der Waals surface area contributed by atoms with E-state index >= 15 is 0 Å². The molecule has 0 aliphatic rings. The van der Waals surface area contributed by atoms with E-state index in [1.165, 1.54) is 30.3 Å². The Morgan fingerprint density at radius 3 is 2.43 bits per heavy atom. The molecular weight excluding hydrogens is 291 g/mol. The highest BCUT2D eigenvalue weighted by Crippen LogP contribution is 2.12. The summed E-state index contributed by atoms with van der Waals surface area (Å²) in [5, 5.41) is 8.57. The predicted molar refractivity (Wildman–Crippen MR) is 76.2 cm³/mol. The lowest BCUT2D eigenvalue weighted by Crippen LogP contribution is -2.23. The molecule has 4 nitrogen and oxygen atoms in total. The fraction of sp³-hybridized carbons (Fsp3) is 0.133. The van der Waals surface area contributed by atoms with Crippen LogP contribution in [0.2, 0.25) is 0 Å². The number of hydrogen-bond donors (Lipinski definition) is 1. The normalized spacial score (nSPS) is 11.0. The van der Waals surface area contributed by atoms with E-state index in [1.54, 1.807) is 18.2 Å². The molecule has 1 N–H and O–H groups in total. The largest absolute Gasteiger partial charge is 0.240 e. The van der Waals surface area contributed by atoms with Crippen molar-refractivity contribution in [2.24, 2.45) is 0 Å². The monoisotopic (exact) mass is 304 g/mol. The fourth-order valence-corrected chi connectivity index (χ4v) is 2.80. The van der Waals surface area contributed by atoms with Crippen LogP contribution in [0.15, 0.2) is 53.4 Å². The smallest absolute Gasteiger partial charge is 0.207 e. The molecule has 0 spiro atoms. The molecule has 0 atom stereocenters. The molecule has 0 amide bonds. The number of hydrogen-bond acceptors (Lipinski definition) is 3. The Balaban J connectivity index is 2.09. The number of sulfonamides is 1. The second kappa shape index (κ2) is 6.48. The third kappa shape index (κ3) is 4.12. The Hall–Kier alpha value is -2.23. The number of halogens is 1. The number of nitrogens with zero attached hydrogens (tertiary/aromatic N) is 1. The van der Waals surface area contributed by atoms with Gasteiger partial charge in [-0.05, 0) is 35.4 Å². The van der Waals surface area contributed by atoms with Crippen molar-refractivity contribution in [1.82, 2.24) is 4.72 Å². The lowest BCUT2D eigenvalue weighted by atomic mass is 10.2. The van der Waals surface area contributed by atoms with Crippen LogP contribution in [0.4, 0.5) is 4.39 Å². The first kappa shape index (κ1) is 15.2. The molecule has 0 fully saturated rings. The number of rotatable bonds is 5. The summed E-state index contributed by atoms with van der Waals surface area (Å²) in [6.07, 6.45) is 0.233. The molecule has 0 aliphatic carbocycles. The SMILES string of the molecule is N#CCc1ccc(S(=O)(=O)NCc2cccc(F)c2)cc1. The average Bonchev–Trinajstić information content (AvgIpc) is 2.46. The predicted octanol–water partition coefficient (Wildman–Crippen LogP) is 2.37. The Morgan fingerprint density at radius 2 is 1.81 bits per heavy atom. The van der Waals surface area contributed by atoms with Crippen LogP contribution in [-0.4, -0.2) is 8.42 Å². The van der Waals surface area contributed by atoms with Gasteiger partial charge in [-0.15, -0.1) is 0 Å². The van der Waals surface area contributed by atoms with Crippen molar-refractivity contribution in [3.8, 4) is 6.07 Å². The zero-order chi connectivity index (χ0) is 15.3. The van der Waals surface area contributed by atoms with E-state index in [9.17, 15) is 12.8 Å². The highest BCUT2D eigenvalue weighted by atomic mass is 32.2. The van der Waals surface area contributed by atoms with Crippen molar-refractivity contribution in [3.63, 3.8) is 0 Å². The van der Waals surface area contributed by atoms with Gasteiger partial charge in [-0.2, -0.15) is 5.26 Å². The highest BCUT2D eigenvalue weighted by Gasteiger charge is 2.13. The van der Waals surface area contributed by atoms with Gasteiger partial charge in [-0.1, -0.05) is 24.3 Å². The Kier molecular flexibility index (Phi) is 4.68. The van der Waals surface area contributed by atoms with Crippen molar-refractivity contribution in [1.29, 1.82) is 5.26 Å². The van der Waals surface area contributed by atoms with E-state index in [1.807, 2.05) is 6.07 Å². The summed E-state index contributed by atoms with van der Waals surface area (Å²) in [5.41, 5.74) is 1.29. The number of nitriles is 1. The van der Waals surface area contributed by atoms with E-state index in [-0.39, 0.29) is 17.9 Å². The van der Waals surface area contributed by atoms with E-state index in [0.29, 0.717) is 5.56 Å². The summed E-state index contributed by atoms with van der Waals surface area (Å²) in [7, 11) is -3.66. The lowest BCUT2D eigenvalue weighted by Gasteiger charge is -2.07. The minimum atomic E-state index is -3.66. The van der Waals surface area contributed by atoms with Gasteiger partial charge < -0.3 is 0 Å². The van der Waals surface area contributed by atoms with Crippen molar-refractivity contribution in [2.45, 2.75) is 17.9 Å². The quantitative estimate of drug-likeness (QED) is 0.922. The Morgan fingerprint density at radius 1 is 1.10 bits per heavy atom. The fourth-order valence-electron chi connectivity index (χ4n) is 1.79. The van der Waals surface area contributed by atoms with Gasteiger partial charge in [0, 0.05) is 6.54 Å². The van der Waals surface area contributed by atoms with Gasteiger partial charge in [0.1, 0.15) is 5.82 Å². The molecule has 108 valence electrons. The third-order valence-corrected chi connectivity index (χ3v) is 4.29. The van der Waals surface area contributed by atoms with E-state index < -0.39 is 15.8 Å². The molecule has 2 aromatic carbocycles. The van der Waals surface area contributed by atoms with Gasteiger partial charge in [0.15, 0.2) is 0 Å². The second-order valence-corrected chi connectivity index (χ2v) is 6.20. The summed E-state index contributed by atoms with van der Waals surface area (Å²) in [4.78, 5) is 0.112. The zero-order valence-electron chi connectivity index (χ0n) is 11.1. The summed E-state index contributed by atoms with van der Waals surface area (Å²) < 4.78 is 39.6. The molecule has 21 heavy (non-hydrogen) atoms. The van der Waals surface area contributed by atoms with Crippen LogP contribution in [0.5, 0.6) is 0 Å². The first-order chi connectivity index (χ1) is 10.0. The molecule has 2 aromatic rings. The second-order valence-electron chi connectivity index (χ2n) is 4.43. The highest BCUT2D eigenvalue weighted by molar-refractivity contribution is 7.89. The van der Waals surface area contributed by atoms with Gasteiger partial charge in [-0.3, -0.25) is 0 Å². The molecule has 0 saturated heterocycles. The molecule has 0 aromatic heterocycles. The average molecular weight is 304 g/mol. The van der Waals surface area contributed by atoms with E-state index in [0.717, 1.165) is 5.56 Å². The van der Waals surface area contributed by atoms with Crippen molar-refractivity contribution >= 4 is 10.0 Å². The van der Waals surface area contributed by atoms with Crippen molar-refractivity contribution < 1.29 is 12.8 Å². The van der Waals surface area contributed by atoms with Crippen LogP contribution >= 0.6 is 0 Å². The number of nitrogens with one attached hydrogen (secondary N) is 1. The summed E-state index contributed by atoms with van der Waals surface area (Å²) in [6.45, 7) is 0.0139. The van der Waals surface area contributed by atoms with Gasteiger partial charge in [-0.25, -0.2) is 17.5 Å². The van der Waals surface area contributed by atoms with Crippen LogP contribution in [0.3, 0.4) is 0 Å². The topological polar surface area (TPSA) is 70.0 Å². The minimum absolute atomic E-state index is 0.0139. The van der Waals surface area contributed by atoms with E-state index in [4.69, 9.17) is 5.26 Å². The standard InChI is InChI=1S/C15H13FN2O2S/c16-14-3-1-2-13(10-14)11-18-21(19,20)15-6-4-12(5-7-15)8-9-17/h1-7,10,18H,8,11H2. The van der Waals surface area contributed by atoms with Crippen LogP contribution in [-0.2, 0) is 23.0 Å². The molecule has 6 heteroatoms. The molecule has 0 bridgehead atoms. The first-order valence-corrected chi connectivity index (χ1v) is 7.69. The Bertz CT molecular complexity index is 765. The van der Waals surface area contributed by atoms with Gasteiger partial charge >= 0.3 is 0 Å². The summed E-state index contributed by atoms with van der Waals surface area (Å²) >= 11 is 0. The molecular formula is C15H13FN2O2S. The molecule has 0 radical (unpaired) electrons. The maximum absolute atomic E-state index is 13.0. The van der Waals surface area contributed by atoms with Gasteiger partial charge in [0.25, 0.3) is 0 Å². The maximum atomic E-state index is 13.0. The molecule has 0 aliphatic heterocycles. The van der Waals surface area contributed by atoms with Crippen molar-refractivity contribution in [2.75, 3.05) is 0 Å². The van der Waals surface area contributed by atoms with Gasteiger partial charge in [0.05, 0.1) is 17.4 Å². The van der Waals surface area contributed by atoms with Crippen LogP contribution in [0, 0.1) is 17.1 Å². The molecule has 2 rings (SSSR count). The Labute approximate surface area is 122 Å². The minimum Gasteiger partial charge on any atom is -0.207 e. The van der Waals surface area contributed by atoms with Crippen LogP contribution in [0.25, 0.3) is 0 Å². The molecule has 0 saturated carbocycles. The first-order valence-electron chi connectivity index (χ1n) is 6.21. The van der Waals surface area contributed by atoms with E-state index in [2.05, 4.69) is 4.72 Å². The van der Waals surface area contributed by atoms with Crippen molar-refractivity contribution in [3.05, 3.63) is 65.5 Å². The maximum Gasteiger partial charge on any atom is 0.240 e. The summed E-state index contributed by atoms with van der Waals surface area (Å²) in [5.74, 6) is -0.410. The van der Waals surface area contributed by atoms with Gasteiger partial charge in [0.2, 0.25) is 10.0 Å². The third-order valence-electron chi connectivity index (χ3n) is 2.87. The van der Waals surface area contributed by atoms with Crippen LogP contribution in [0.1, 0.15) is 11.1 Å². The molecule has 0 unspecified atom stereocenters. The molecule has 0 heterocycles. The van der Waals surface area contributed by atoms with Crippen LogP contribution < -0.4 is 4.72 Å². The lowest BCUT2D eigenvalue weighted by molar-refractivity contribution is 0.580.